The predicted molar refractivity (Wildman–Crippen MR) is 126 cm³/mol. The maximum absolute atomic E-state index is 12.4. The average molecular weight is 481 g/mol. The minimum absolute atomic E-state index is 0.00600. The Kier molecular flexibility index (Phi) is 7.69. The van der Waals surface area contributed by atoms with E-state index in [4.69, 9.17) is 11.6 Å². The van der Waals surface area contributed by atoms with E-state index in [1.807, 2.05) is 0 Å². The molecule has 0 aliphatic carbocycles. The Labute approximate surface area is 200 Å². The summed E-state index contributed by atoms with van der Waals surface area (Å²) in [7, 11) is 0. The van der Waals surface area contributed by atoms with E-state index in [1.54, 1.807) is 31.2 Å². The number of nitrogens with one attached hydrogen (secondary N) is 1. The number of ketones is 1. The van der Waals surface area contributed by atoms with Gasteiger partial charge in [0.05, 0.1) is 29.3 Å². The van der Waals surface area contributed by atoms with Crippen LogP contribution in [0.2, 0.25) is 5.02 Å². The van der Waals surface area contributed by atoms with Crippen molar-refractivity contribution in [2.24, 2.45) is 10.9 Å². The van der Waals surface area contributed by atoms with E-state index < -0.39 is 17.8 Å². The van der Waals surface area contributed by atoms with Crippen molar-refractivity contribution in [2.75, 3.05) is 11.1 Å². The van der Waals surface area contributed by atoms with Crippen LogP contribution in [0, 0.1) is 17.2 Å². The van der Waals surface area contributed by atoms with Crippen molar-refractivity contribution in [2.45, 2.75) is 19.8 Å². The van der Waals surface area contributed by atoms with Crippen LogP contribution in [0.4, 0.5) is 5.69 Å². The third-order valence-electron chi connectivity index (χ3n) is 5.13. The van der Waals surface area contributed by atoms with Crippen molar-refractivity contribution in [3.8, 4) is 6.07 Å². The van der Waals surface area contributed by atoms with Gasteiger partial charge in [-0.3, -0.25) is 9.59 Å². The summed E-state index contributed by atoms with van der Waals surface area (Å²) >= 11 is 7.10. The van der Waals surface area contributed by atoms with Gasteiger partial charge in [-0.2, -0.15) is 5.26 Å². The zero-order chi connectivity index (χ0) is 24.1. The highest BCUT2D eigenvalue weighted by molar-refractivity contribution is 8.03. The number of hydrogen-bond acceptors (Lipinski definition) is 7. The summed E-state index contributed by atoms with van der Waals surface area (Å²) < 4.78 is 0. The fraction of sp³-hybridized carbons (Fsp3) is 0.208. The lowest BCUT2D eigenvalue weighted by Gasteiger charge is -2.30. The van der Waals surface area contributed by atoms with Crippen molar-refractivity contribution in [1.29, 1.82) is 5.26 Å². The first-order valence-electron chi connectivity index (χ1n) is 9.90. The first-order valence-corrected chi connectivity index (χ1v) is 11.3. The molecule has 2 atom stereocenters. The van der Waals surface area contributed by atoms with Gasteiger partial charge < -0.3 is 15.2 Å². The first-order chi connectivity index (χ1) is 15.7. The summed E-state index contributed by atoms with van der Waals surface area (Å²) in [6.07, 6.45) is 0. The van der Waals surface area contributed by atoms with E-state index in [1.165, 1.54) is 31.2 Å². The number of aliphatic imine (C=N–C) groups is 1. The van der Waals surface area contributed by atoms with Crippen LogP contribution in [0.5, 0.6) is 0 Å². The number of carboxylic acid groups (broad SMARTS) is 1. The molecule has 1 aliphatic heterocycles. The highest BCUT2D eigenvalue weighted by atomic mass is 35.5. The molecule has 2 aromatic carbocycles. The summed E-state index contributed by atoms with van der Waals surface area (Å²) in [5, 5.41) is 24.4. The molecule has 3 rings (SSSR count). The van der Waals surface area contributed by atoms with Gasteiger partial charge in [-0.25, -0.2) is 4.99 Å². The summed E-state index contributed by atoms with van der Waals surface area (Å²) in [4.78, 5) is 40.2. The molecule has 33 heavy (non-hydrogen) atoms. The number of nitriles is 1. The van der Waals surface area contributed by atoms with E-state index in [9.17, 15) is 24.8 Å². The summed E-state index contributed by atoms with van der Waals surface area (Å²) in [6, 6.07) is 14.8. The van der Waals surface area contributed by atoms with Crippen LogP contribution in [0.25, 0.3) is 0 Å². The van der Waals surface area contributed by atoms with Crippen LogP contribution in [0.1, 0.15) is 35.7 Å². The number of rotatable bonds is 7. The van der Waals surface area contributed by atoms with Gasteiger partial charge in [0, 0.05) is 22.3 Å². The molecule has 0 radical (unpaired) electrons. The number of carbonyl (C=O) groups is 3. The molecule has 168 valence electrons. The summed E-state index contributed by atoms with van der Waals surface area (Å²) in [5.41, 5.74) is 2.09. The van der Waals surface area contributed by atoms with Crippen LogP contribution >= 0.6 is 23.4 Å². The van der Waals surface area contributed by atoms with Gasteiger partial charge in [0.2, 0.25) is 5.91 Å². The van der Waals surface area contributed by atoms with Gasteiger partial charge in [0.1, 0.15) is 10.8 Å². The predicted octanol–water partition coefficient (Wildman–Crippen LogP) is 3.57. The Morgan fingerprint density at radius 1 is 1.15 bits per heavy atom. The number of carbonyl (C=O) groups excluding carboxylic acids is 3. The molecule has 0 fully saturated rings. The fourth-order valence-electron chi connectivity index (χ4n) is 3.64. The average Bonchev–Trinajstić information content (AvgIpc) is 2.77. The van der Waals surface area contributed by atoms with Crippen LogP contribution in [0.15, 0.2) is 64.1 Å². The molecule has 0 saturated heterocycles. The number of halogens is 1. The molecule has 9 heteroatoms. The molecule has 2 aromatic rings. The van der Waals surface area contributed by atoms with E-state index in [0.717, 1.165) is 17.3 Å². The Morgan fingerprint density at radius 2 is 1.79 bits per heavy atom. The number of hydrogen-bond donors (Lipinski definition) is 1. The number of nitrogens with zero attached hydrogens (tertiary/aromatic N) is 2. The summed E-state index contributed by atoms with van der Waals surface area (Å²) in [5.74, 6) is -2.89. The molecule has 1 amide bonds. The lowest BCUT2D eigenvalue weighted by molar-refractivity contribution is -0.255. The number of benzene rings is 2. The van der Waals surface area contributed by atoms with E-state index >= 15 is 0 Å². The van der Waals surface area contributed by atoms with Crippen molar-refractivity contribution in [3.05, 3.63) is 75.3 Å². The molecule has 1 unspecified atom stereocenters. The number of carboxylic acids is 1. The van der Waals surface area contributed by atoms with Crippen LogP contribution in [0.3, 0.4) is 0 Å². The minimum atomic E-state index is -1.30. The minimum Gasteiger partial charge on any atom is -0.545 e. The third-order valence-corrected chi connectivity index (χ3v) is 6.38. The number of aromatic carboxylic acids is 1. The maximum atomic E-state index is 12.4. The SMILES string of the molecule is CC(=O)C1C(C)=NC(SCC(=O)Nc2ccc(C(=O)[O-])cc2)=C(C#N)[C@H]1c1ccc(Cl)cc1. The van der Waals surface area contributed by atoms with Crippen molar-refractivity contribution in [1.82, 2.24) is 0 Å². The summed E-state index contributed by atoms with van der Waals surface area (Å²) in [6.45, 7) is 3.21. The quantitative estimate of drug-likeness (QED) is 0.646. The Bertz CT molecular complexity index is 1200. The second-order valence-corrected chi connectivity index (χ2v) is 8.80. The van der Waals surface area contributed by atoms with Gasteiger partial charge in [-0.05, 0) is 49.2 Å². The molecule has 0 bridgehead atoms. The smallest absolute Gasteiger partial charge is 0.234 e. The standard InChI is InChI=1S/C24H20ClN3O4S/c1-13-21(14(2)29)22(15-3-7-17(25)8-4-15)19(11-26)23(27-13)33-12-20(30)28-18-9-5-16(6-10-18)24(31)32/h3-10,21-22H,12H2,1-2H3,(H,28,30)(H,31,32)/p-1/t21?,22-/m1/s1. The Balaban J connectivity index is 1.82. The van der Waals surface area contributed by atoms with Crippen molar-refractivity contribution >= 4 is 52.4 Å². The Morgan fingerprint density at radius 3 is 2.33 bits per heavy atom. The highest BCUT2D eigenvalue weighted by Crippen LogP contribution is 2.42. The van der Waals surface area contributed by atoms with Crippen molar-refractivity contribution in [3.63, 3.8) is 0 Å². The number of Topliss-reactive ketones (excluding diaryl/α,β-unsaturated/α-hetero) is 1. The maximum Gasteiger partial charge on any atom is 0.234 e. The molecular weight excluding hydrogens is 462 g/mol. The lowest BCUT2D eigenvalue weighted by atomic mass is 9.75. The topological polar surface area (TPSA) is 122 Å². The zero-order valence-electron chi connectivity index (χ0n) is 17.8. The number of allylic oxidation sites excluding steroid dienone is 1. The van der Waals surface area contributed by atoms with Crippen molar-refractivity contribution < 1.29 is 19.5 Å². The molecule has 1 aliphatic rings. The van der Waals surface area contributed by atoms with Crippen LogP contribution in [-0.2, 0) is 9.59 Å². The first kappa shape index (κ1) is 24.2. The zero-order valence-corrected chi connectivity index (χ0v) is 19.4. The highest BCUT2D eigenvalue weighted by Gasteiger charge is 2.37. The Hall–Kier alpha value is -3.41. The monoisotopic (exact) mass is 480 g/mol. The van der Waals surface area contributed by atoms with Gasteiger partial charge >= 0.3 is 0 Å². The van der Waals surface area contributed by atoms with E-state index in [-0.39, 0.29) is 23.0 Å². The van der Waals surface area contributed by atoms with Gasteiger partial charge in [0.25, 0.3) is 0 Å². The van der Waals surface area contributed by atoms with Gasteiger partial charge in [-0.1, -0.05) is 47.6 Å². The van der Waals surface area contributed by atoms with E-state index in [2.05, 4.69) is 16.4 Å². The largest absolute Gasteiger partial charge is 0.545 e. The normalized spacial score (nSPS) is 17.7. The van der Waals surface area contributed by atoms with Gasteiger partial charge in [-0.15, -0.1) is 0 Å². The number of thioether (sulfide) groups is 1. The van der Waals surface area contributed by atoms with E-state index in [0.29, 0.717) is 27.0 Å². The molecule has 1 heterocycles. The second kappa shape index (κ2) is 10.5. The third kappa shape index (κ3) is 5.69. The second-order valence-electron chi connectivity index (χ2n) is 7.40. The van der Waals surface area contributed by atoms with Gasteiger partial charge in [0.15, 0.2) is 0 Å². The molecular formula is C24H19ClN3O4S-. The van der Waals surface area contributed by atoms with Crippen LogP contribution < -0.4 is 10.4 Å². The number of anilines is 1. The van der Waals surface area contributed by atoms with Crippen LogP contribution in [-0.4, -0.2) is 29.1 Å². The molecule has 0 spiro atoms. The number of amides is 1. The molecule has 1 N–H and O–H groups in total. The lowest BCUT2D eigenvalue weighted by Crippen LogP contribution is -2.31. The fourth-order valence-corrected chi connectivity index (χ4v) is 4.64. The molecule has 0 saturated carbocycles. The molecule has 7 nitrogen and oxygen atoms in total. The molecule has 0 aromatic heterocycles.